The van der Waals surface area contributed by atoms with Crippen LogP contribution >= 0.6 is 15.9 Å². The van der Waals surface area contributed by atoms with Crippen molar-refractivity contribution in [1.82, 2.24) is 5.32 Å². The molecule has 0 saturated carbocycles. The maximum absolute atomic E-state index is 3.75. The Morgan fingerprint density at radius 3 is 2.29 bits per heavy atom. The van der Waals surface area contributed by atoms with Crippen LogP contribution in [0.25, 0.3) is 10.8 Å². The van der Waals surface area contributed by atoms with E-state index < -0.39 is 0 Å². The Morgan fingerprint density at radius 1 is 0.952 bits per heavy atom. The summed E-state index contributed by atoms with van der Waals surface area (Å²) in [7, 11) is 0. The van der Waals surface area contributed by atoms with Crippen LogP contribution in [0.15, 0.2) is 40.9 Å². The lowest BCUT2D eigenvalue weighted by Gasteiger charge is -2.27. The van der Waals surface area contributed by atoms with E-state index in [1.807, 2.05) is 0 Å². The Labute approximate surface area is 137 Å². The van der Waals surface area contributed by atoms with Gasteiger partial charge in [0.2, 0.25) is 0 Å². The fourth-order valence-corrected chi connectivity index (χ4v) is 3.42. The summed E-state index contributed by atoms with van der Waals surface area (Å²) >= 11 is 3.55. The predicted octanol–water partition coefficient (Wildman–Crippen LogP) is 6.08. The Kier molecular flexibility index (Phi) is 6.25. The zero-order valence-electron chi connectivity index (χ0n) is 13.3. The fourth-order valence-electron chi connectivity index (χ4n) is 3.05. The molecule has 1 nitrogen and oxygen atoms in total. The van der Waals surface area contributed by atoms with Crippen molar-refractivity contribution in [2.24, 2.45) is 5.92 Å². The van der Waals surface area contributed by atoms with Crippen LogP contribution in [0.2, 0.25) is 0 Å². The van der Waals surface area contributed by atoms with Crippen LogP contribution in [0.4, 0.5) is 0 Å². The van der Waals surface area contributed by atoms with E-state index in [1.54, 1.807) is 0 Å². The van der Waals surface area contributed by atoms with Crippen molar-refractivity contribution in [3.63, 3.8) is 0 Å². The van der Waals surface area contributed by atoms with Gasteiger partial charge in [0.05, 0.1) is 0 Å². The van der Waals surface area contributed by atoms with Crippen LogP contribution in [0.5, 0.6) is 0 Å². The normalized spacial score (nSPS) is 13.0. The first-order valence-corrected chi connectivity index (χ1v) is 8.91. The molecule has 0 saturated heterocycles. The molecule has 0 aliphatic heterocycles. The molecule has 2 aromatic carbocycles. The molecule has 0 heterocycles. The minimum Gasteiger partial charge on any atom is -0.310 e. The standard InChI is InChI=1S/C19H26BrN/c1-4-11-21-19(14(5-2)6-3)17-8-7-16-13-18(20)10-9-15(16)12-17/h7-10,12-14,19,21H,4-6,11H2,1-3H3. The number of rotatable bonds is 7. The van der Waals surface area contributed by atoms with E-state index in [2.05, 4.69) is 78.4 Å². The topological polar surface area (TPSA) is 12.0 Å². The molecule has 1 unspecified atom stereocenters. The molecular formula is C19H26BrN. The van der Waals surface area contributed by atoms with Crippen LogP contribution < -0.4 is 5.32 Å². The highest BCUT2D eigenvalue weighted by atomic mass is 79.9. The number of hydrogen-bond donors (Lipinski definition) is 1. The molecule has 21 heavy (non-hydrogen) atoms. The van der Waals surface area contributed by atoms with E-state index in [1.165, 1.54) is 35.6 Å². The highest BCUT2D eigenvalue weighted by Gasteiger charge is 2.19. The summed E-state index contributed by atoms with van der Waals surface area (Å²) < 4.78 is 1.14. The third-order valence-corrected chi connectivity index (χ3v) is 4.81. The van der Waals surface area contributed by atoms with Crippen LogP contribution in [0.3, 0.4) is 0 Å². The van der Waals surface area contributed by atoms with Gasteiger partial charge in [-0.15, -0.1) is 0 Å². The summed E-state index contributed by atoms with van der Waals surface area (Å²) in [6.07, 6.45) is 3.61. The SMILES string of the molecule is CCCNC(c1ccc2cc(Br)ccc2c1)C(CC)CC. The summed E-state index contributed by atoms with van der Waals surface area (Å²) in [5, 5.41) is 6.38. The largest absolute Gasteiger partial charge is 0.310 e. The van der Waals surface area contributed by atoms with Gasteiger partial charge < -0.3 is 5.32 Å². The van der Waals surface area contributed by atoms with Crippen molar-refractivity contribution in [1.29, 1.82) is 0 Å². The van der Waals surface area contributed by atoms with Gasteiger partial charge in [0, 0.05) is 10.5 Å². The van der Waals surface area contributed by atoms with E-state index in [4.69, 9.17) is 0 Å². The van der Waals surface area contributed by atoms with Crippen molar-refractivity contribution in [2.75, 3.05) is 6.54 Å². The van der Waals surface area contributed by atoms with Gasteiger partial charge in [0.1, 0.15) is 0 Å². The van der Waals surface area contributed by atoms with Gasteiger partial charge >= 0.3 is 0 Å². The molecule has 0 radical (unpaired) electrons. The van der Waals surface area contributed by atoms with E-state index in [0.29, 0.717) is 12.0 Å². The molecule has 1 atom stereocenters. The molecule has 1 N–H and O–H groups in total. The lowest BCUT2D eigenvalue weighted by molar-refractivity contribution is 0.342. The zero-order valence-corrected chi connectivity index (χ0v) is 14.9. The van der Waals surface area contributed by atoms with Crippen molar-refractivity contribution in [3.8, 4) is 0 Å². The number of fused-ring (bicyclic) bond motifs is 1. The Bertz CT molecular complexity index is 575. The maximum atomic E-state index is 3.75. The molecule has 0 aliphatic rings. The second kappa shape index (κ2) is 7.95. The molecule has 114 valence electrons. The van der Waals surface area contributed by atoms with Crippen LogP contribution in [-0.4, -0.2) is 6.54 Å². The molecular weight excluding hydrogens is 322 g/mol. The Balaban J connectivity index is 2.36. The lowest BCUT2D eigenvalue weighted by Crippen LogP contribution is -2.28. The first kappa shape index (κ1) is 16.5. The maximum Gasteiger partial charge on any atom is 0.0348 e. The van der Waals surface area contributed by atoms with Crippen molar-refractivity contribution >= 4 is 26.7 Å². The van der Waals surface area contributed by atoms with Crippen molar-refractivity contribution in [2.45, 2.75) is 46.1 Å². The van der Waals surface area contributed by atoms with Gasteiger partial charge in [0.15, 0.2) is 0 Å². The average molecular weight is 348 g/mol. The van der Waals surface area contributed by atoms with Gasteiger partial charge in [-0.1, -0.05) is 67.7 Å². The lowest BCUT2D eigenvalue weighted by atomic mass is 9.88. The molecule has 2 heteroatoms. The number of benzene rings is 2. The van der Waals surface area contributed by atoms with Gasteiger partial charge in [-0.2, -0.15) is 0 Å². The zero-order chi connectivity index (χ0) is 15.2. The third kappa shape index (κ3) is 4.08. The molecule has 0 aromatic heterocycles. The first-order chi connectivity index (χ1) is 10.2. The minimum atomic E-state index is 0.466. The molecule has 0 bridgehead atoms. The summed E-state index contributed by atoms with van der Waals surface area (Å²) in [6.45, 7) is 7.91. The number of hydrogen-bond acceptors (Lipinski definition) is 1. The molecule has 0 spiro atoms. The van der Waals surface area contributed by atoms with E-state index in [9.17, 15) is 0 Å². The Hall–Kier alpha value is -0.860. The first-order valence-electron chi connectivity index (χ1n) is 8.12. The Morgan fingerprint density at radius 2 is 1.62 bits per heavy atom. The predicted molar refractivity (Wildman–Crippen MR) is 96.8 cm³/mol. The third-order valence-electron chi connectivity index (χ3n) is 4.32. The highest BCUT2D eigenvalue weighted by molar-refractivity contribution is 9.10. The monoisotopic (exact) mass is 347 g/mol. The van der Waals surface area contributed by atoms with Crippen LogP contribution in [0.1, 0.15) is 51.6 Å². The molecule has 0 amide bonds. The second-order valence-corrected chi connectivity index (χ2v) is 6.67. The second-order valence-electron chi connectivity index (χ2n) is 5.76. The molecule has 0 fully saturated rings. The van der Waals surface area contributed by atoms with E-state index >= 15 is 0 Å². The number of nitrogens with one attached hydrogen (secondary N) is 1. The van der Waals surface area contributed by atoms with Gasteiger partial charge in [0.25, 0.3) is 0 Å². The summed E-state index contributed by atoms with van der Waals surface area (Å²) in [6, 6.07) is 13.9. The summed E-state index contributed by atoms with van der Waals surface area (Å²) in [4.78, 5) is 0. The quantitative estimate of drug-likeness (QED) is 0.639. The molecule has 2 rings (SSSR count). The fraction of sp³-hybridized carbons (Fsp3) is 0.474. The average Bonchev–Trinajstić information content (AvgIpc) is 2.51. The smallest absolute Gasteiger partial charge is 0.0348 e. The summed E-state index contributed by atoms with van der Waals surface area (Å²) in [5.41, 5.74) is 1.42. The van der Waals surface area contributed by atoms with Gasteiger partial charge in [-0.3, -0.25) is 0 Å². The van der Waals surface area contributed by atoms with Gasteiger partial charge in [-0.25, -0.2) is 0 Å². The van der Waals surface area contributed by atoms with Crippen molar-refractivity contribution in [3.05, 3.63) is 46.4 Å². The van der Waals surface area contributed by atoms with Gasteiger partial charge in [-0.05, 0) is 53.4 Å². The molecule has 0 aliphatic carbocycles. The van der Waals surface area contributed by atoms with E-state index in [-0.39, 0.29) is 0 Å². The van der Waals surface area contributed by atoms with Crippen LogP contribution in [-0.2, 0) is 0 Å². The van der Waals surface area contributed by atoms with Crippen molar-refractivity contribution < 1.29 is 0 Å². The molecule has 2 aromatic rings. The van der Waals surface area contributed by atoms with Crippen LogP contribution in [0, 0.1) is 5.92 Å². The van der Waals surface area contributed by atoms with E-state index in [0.717, 1.165) is 11.0 Å². The number of halogens is 1. The summed E-state index contributed by atoms with van der Waals surface area (Å²) in [5.74, 6) is 0.699. The minimum absolute atomic E-state index is 0.466. The highest BCUT2D eigenvalue weighted by Crippen LogP contribution is 2.30.